The molecule has 0 bridgehead atoms. The number of hydrogen-bond acceptors (Lipinski definition) is 6. The number of thioether (sulfide) groups is 1. The van der Waals surface area contributed by atoms with E-state index >= 15 is 0 Å². The van der Waals surface area contributed by atoms with Crippen LogP contribution in [0.3, 0.4) is 0 Å². The molecule has 0 aromatic heterocycles. The van der Waals surface area contributed by atoms with Gasteiger partial charge in [0.1, 0.15) is 15.8 Å². The zero-order valence-corrected chi connectivity index (χ0v) is 16.7. The van der Waals surface area contributed by atoms with Crippen LogP contribution in [0.2, 0.25) is 0 Å². The highest BCUT2D eigenvalue weighted by molar-refractivity contribution is 8.26. The lowest BCUT2D eigenvalue weighted by atomic mass is 10.2. The lowest BCUT2D eigenvalue weighted by molar-refractivity contribution is -0.122. The Kier molecular flexibility index (Phi) is 6.33. The van der Waals surface area contributed by atoms with Gasteiger partial charge in [0.05, 0.1) is 12.0 Å². The summed E-state index contributed by atoms with van der Waals surface area (Å²) in [7, 11) is 1.58. The van der Waals surface area contributed by atoms with E-state index in [0.29, 0.717) is 20.7 Å². The van der Waals surface area contributed by atoms with Crippen molar-refractivity contribution in [1.82, 2.24) is 4.90 Å². The first-order valence-electron chi connectivity index (χ1n) is 8.44. The molecule has 28 heavy (non-hydrogen) atoms. The summed E-state index contributed by atoms with van der Waals surface area (Å²) in [6, 6.07) is 13.7. The van der Waals surface area contributed by atoms with Gasteiger partial charge < -0.3 is 15.2 Å². The Hall–Kier alpha value is -2.84. The molecule has 1 aliphatic rings. The Morgan fingerprint density at radius 1 is 1.29 bits per heavy atom. The molecule has 1 heterocycles. The van der Waals surface area contributed by atoms with E-state index in [-0.39, 0.29) is 30.5 Å². The van der Waals surface area contributed by atoms with Crippen LogP contribution in [-0.2, 0) is 9.59 Å². The number of phenols is 1. The number of phenolic OH excluding ortho intramolecular Hbond substituents is 1. The predicted molar refractivity (Wildman–Crippen MR) is 114 cm³/mol. The number of nitrogens with zero attached hydrogens (tertiary/aromatic N) is 1. The fraction of sp³-hybridized carbons (Fsp3) is 0.150. The van der Waals surface area contributed by atoms with E-state index in [0.717, 1.165) is 5.56 Å². The third-order valence-corrected chi connectivity index (χ3v) is 5.34. The lowest BCUT2D eigenvalue weighted by Crippen LogP contribution is -2.31. The van der Waals surface area contributed by atoms with Crippen molar-refractivity contribution in [2.45, 2.75) is 6.42 Å². The molecule has 1 fully saturated rings. The maximum absolute atomic E-state index is 12.6. The summed E-state index contributed by atoms with van der Waals surface area (Å²) in [5.74, 6) is 0.282. The maximum Gasteiger partial charge on any atom is 0.266 e. The normalized spacial score (nSPS) is 15.2. The number of nitrogens with one attached hydrogen (secondary N) is 1. The van der Waals surface area contributed by atoms with Gasteiger partial charge in [-0.15, -0.1) is 0 Å². The Morgan fingerprint density at radius 3 is 2.82 bits per heavy atom. The van der Waals surface area contributed by atoms with Crippen LogP contribution in [0, 0.1) is 0 Å². The number of methoxy groups -OCH3 is 1. The molecular formula is C20H18N2O4S2. The van der Waals surface area contributed by atoms with Crippen molar-refractivity contribution in [3.63, 3.8) is 0 Å². The Bertz CT molecular complexity index is 959. The fourth-order valence-corrected chi connectivity index (χ4v) is 3.90. The first-order valence-corrected chi connectivity index (χ1v) is 9.67. The van der Waals surface area contributed by atoms with Crippen LogP contribution in [0.5, 0.6) is 11.5 Å². The zero-order chi connectivity index (χ0) is 20.1. The molecule has 0 saturated carbocycles. The SMILES string of the molecule is COc1cccc(/C=C2/SC(=S)N(CCC(=O)Nc3cccc(O)c3)C2=O)c1. The minimum Gasteiger partial charge on any atom is -0.508 e. The highest BCUT2D eigenvalue weighted by Gasteiger charge is 2.32. The maximum atomic E-state index is 12.6. The number of benzene rings is 2. The number of aromatic hydroxyl groups is 1. The minimum atomic E-state index is -0.267. The van der Waals surface area contributed by atoms with Crippen molar-refractivity contribution in [3.05, 3.63) is 59.0 Å². The summed E-state index contributed by atoms with van der Waals surface area (Å²) in [5.41, 5.74) is 1.33. The number of rotatable bonds is 6. The molecule has 0 spiro atoms. The summed E-state index contributed by atoms with van der Waals surface area (Å²) >= 11 is 6.51. The van der Waals surface area contributed by atoms with E-state index < -0.39 is 0 Å². The van der Waals surface area contributed by atoms with Crippen molar-refractivity contribution < 1.29 is 19.4 Å². The highest BCUT2D eigenvalue weighted by atomic mass is 32.2. The molecule has 144 valence electrons. The molecule has 3 rings (SSSR count). The van der Waals surface area contributed by atoms with Gasteiger partial charge in [-0.1, -0.05) is 42.2 Å². The van der Waals surface area contributed by atoms with Gasteiger partial charge in [-0.05, 0) is 35.9 Å². The van der Waals surface area contributed by atoms with E-state index in [2.05, 4.69) is 5.32 Å². The molecule has 2 aromatic carbocycles. The topological polar surface area (TPSA) is 78.9 Å². The van der Waals surface area contributed by atoms with Crippen molar-refractivity contribution in [1.29, 1.82) is 0 Å². The summed E-state index contributed by atoms with van der Waals surface area (Å²) in [5, 5.41) is 12.1. The molecule has 2 aromatic rings. The third-order valence-electron chi connectivity index (χ3n) is 3.96. The van der Waals surface area contributed by atoms with Crippen molar-refractivity contribution in [2.24, 2.45) is 0 Å². The molecule has 2 N–H and O–H groups in total. The van der Waals surface area contributed by atoms with Gasteiger partial charge in [-0.25, -0.2) is 0 Å². The quantitative estimate of drug-likeness (QED) is 0.555. The van der Waals surface area contributed by atoms with Gasteiger partial charge in [0.2, 0.25) is 5.91 Å². The van der Waals surface area contributed by atoms with Gasteiger partial charge in [0.15, 0.2) is 0 Å². The fourth-order valence-electron chi connectivity index (χ4n) is 2.60. The summed E-state index contributed by atoms with van der Waals surface area (Å²) < 4.78 is 5.61. The first kappa shape index (κ1) is 19.9. The molecule has 0 unspecified atom stereocenters. The zero-order valence-electron chi connectivity index (χ0n) is 15.0. The predicted octanol–water partition coefficient (Wildman–Crippen LogP) is 3.63. The second-order valence-corrected chi connectivity index (χ2v) is 7.63. The van der Waals surface area contributed by atoms with Crippen LogP contribution in [0.1, 0.15) is 12.0 Å². The Labute approximate surface area is 172 Å². The highest BCUT2D eigenvalue weighted by Crippen LogP contribution is 2.33. The van der Waals surface area contributed by atoms with E-state index in [1.807, 2.05) is 24.3 Å². The molecular weight excluding hydrogens is 396 g/mol. The van der Waals surface area contributed by atoms with Gasteiger partial charge in [0.25, 0.3) is 5.91 Å². The number of anilines is 1. The molecule has 0 radical (unpaired) electrons. The van der Waals surface area contributed by atoms with Crippen molar-refractivity contribution >= 4 is 51.9 Å². The largest absolute Gasteiger partial charge is 0.508 e. The number of carbonyl (C=O) groups excluding carboxylic acids is 2. The van der Waals surface area contributed by atoms with Gasteiger partial charge in [-0.3, -0.25) is 14.5 Å². The molecule has 6 nitrogen and oxygen atoms in total. The monoisotopic (exact) mass is 414 g/mol. The van der Waals surface area contributed by atoms with Gasteiger partial charge in [0, 0.05) is 24.7 Å². The van der Waals surface area contributed by atoms with Gasteiger partial charge >= 0.3 is 0 Å². The second-order valence-electron chi connectivity index (χ2n) is 5.96. The van der Waals surface area contributed by atoms with Crippen LogP contribution < -0.4 is 10.1 Å². The van der Waals surface area contributed by atoms with E-state index in [1.54, 1.807) is 25.3 Å². The summed E-state index contributed by atoms with van der Waals surface area (Å²) in [6.45, 7) is 0.185. The van der Waals surface area contributed by atoms with Crippen LogP contribution in [-0.4, -0.2) is 39.8 Å². The number of amides is 2. The molecule has 0 atom stereocenters. The van der Waals surface area contributed by atoms with Crippen LogP contribution in [0.25, 0.3) is 6.08 Å². The van der Waals surface area contributed by atoms with Crippen LogP contribution >= 0.6 is 24.0 Å². The lowest BCUT2D eigenvalue weighted by Gasteiger charge is -2.14. The number of ether oxygens (including phenoxy) is 1. The first-order chi connectivity index (χ1) is 13.5. The van der Waals surface area contributed by atoms with Crippen LogP contribution in [0.4, 0.5) is 5.69 Å². The molecule has 1 aliphatic heterocycles. The average molecular weight is 415 g/mol. The second kappa shape index (κ2) is 8.90. The molecule has 2 amide bonds. The molecule has 8 heteroatoms. The standard InChI is InChI=1S/C20H18N2O4S2/c1-26-16-7-2-4-13(10-16)11-17-19(25)22(20(27)28-17)9-8-18(24)21-14-5-3-6-15(23)12-14/h2-7,10-12,23H,8-9H2,1H3,(H,21,24)/b17-11+. The number of carbonyl (C=O) groups is 2. The Balaban J connectivity index is 1.62. The number of thiocarbonyl (C=S) groups is 1. The number of hydrogen-bond donors (Lipinski definition) is 2. The summed E-state index contributed by atoms with van der Waals surface area (Å²) in [4.78, 5) is 26.7. The average Bonchev–Trinajstić information content (AvgIpc) is 2.93. The minimum absolute atomic E-state index is 0.0671. The van der Waals surface area contributed by atoms with Crippen molar-refractivity contribution in [3.8, 4) is 11.5 Å². The van der Waals surface area contributed by atoms with E-state index in [9.17, 15) is 14.7 Å². The van der Waals surface area contributed by atoms with E-state index in [4.69, 9.17) is 17.0 Å². The third kappa shape index (κ3) is 4.90. The van der Waals surface area contributed by atoms with Crippen molar-refractivity contribution in [2.75, 3.05) is 19.0 Å². The Morgan fingerprint density at radius 2 is 2.07 bits per heavy atom. The van der Waals surface area contributed by atoms with Gasteiger partial charge in [-0.2, -0.15) is 0 Å². The van der Waals surface area contributed by atoms with Crippen LogP contribution in [0.15, 0.2) is 53.4 Å². The molecule has 0 aliphatic carbocycles. The smallest absolute Gasteiger partial charge is 0.266 e. The van der Waals surface area contributed by atoms with E-state index in [1.165, 1.54) is 28.8 Å². The summed E-state index contributed by atoms with van der Waals surface area (Å²) in [6.07, 6.45) is 1.85. The molecule has 1 saturated heterocycles.